The van der Waals surface area contributed by atoms with E-state index in [9.17, 15) is 4.79 Å². The number of anilines is 1. The van der Waals surface area contributed by atoms with Crippen LogP contribution in [0.5, 0.6) is 0 Å². The number of rotatable bonds is 3. The fraction of sp³-hybridized carbons (Fsp3) is 0.471. The first kappa shape index (κ1) is 19.1. The highest BCUT2D eigenvalue weighted by molar-refractivity contribution is 6.30. The predicted molar refractivity (Wildman–Crippen MR) is 101 cm³/mol. The van der Waals surface area contributed by atoms with E-state index in [1.165, 1.54) is 0 Å². The van der Waals surface area contributed by atoms with Gasteiger partial charge < -0.3 is 14.7 Å². The SMILES string of the molecule is CN1CCNCC1c1noc(C2CC(=O)N(c3ccc(Cl)cc3)C2)n1.Cl. The number of aromatic nitrogens is 2. The molecule has 2 aliphatic heterocycles. The van der Waals surface area contributed by atoms with Gasteiger partial charge in [0.1, 0.15) is 0 Å². The molecule has 7 nitrogen and oxygen atoms in total. The Labute approximate surface area is 163 Å². The smallest absolute Gasteiger partial charge is 0.232 e. The van der Waals surface area contributed by atoms with Gasteiger partial charge in [0.15, 0.2) is 5.82 Å². The van der Waals surface area contributed by atoms with Crippen molar-refractivity contribution >= 4 is 35.6 Å². The van der Waals surface area contributed by atoms with Crippen molar-refractivity contribution in [1.29, 1.82) is 0 Å². The number of nitrogens with one attached hydrogen (secondary N) is 1. The number of halogens is 2. The van der Waals surface area contributed by atoms with Gasteiger partial charge >= 0.3 is 0 Å². The lowest BCUT2D eigenvalue weighted by Gasteiger charge is -2.30. The monoisotopic (exact) mass is 397 g/mol. The first-order valence-electron chi connectivity index (χ1n) is 8.42. The topological polar surface area (TPSA) is 74.5 Å². The Hall–Kier alpha value is -1.67. The molecule has 9 heteroatoms. The van der Waals surface area contributed by atoms with E-state index >= 15 is 0 Å². The third-order valence-corrected chi connectivity index (χ3v) is 5.13. The van der Waals surface area contributed by atoms with E-state index in [2.05, 4.69) is 27.4 Å². The summed E-state index contributed by atoms with van der Waals surface area (Å²) in [5.41, 5.74) is 0.841. The molecule has 1 N–H and O–H groups in total. The molecule has 2 atom stereocenters. The first-order valence-corrected chi connectivity index (χ1v) is 8.80. The molecule has 140 valence electrons. The van der Waals surface area contributed by atoms with Crippen LogP contribution in [0.1, 0.15) is 30.1 Å². The standard InChI is InChI=1S/C17H20ClN5O2.ClH/c1-22-7-6-19-9-14(22)16-20-17(25-21-16)11-8-15(24)23(10-11)13-4-2-12(18)3-5-13;/h2-5,11,14,19H,6-10H2,1H3;1H. The third-order valence-electron chi connectivity index (χ3n) is 4.88. The molecular weight excluding hydrogens is 377 g/mol. The molecule has 1 aromatic heterocycles. The van der Waals surface area contributed by atoms with Crippen LogP contribution in [0.25, 0.3) is 0 Å². The number of amides is 1. The van der Waals surface area contributed by atoms with E-state index < -0.39 is 0 Å². The summed E-state index contributed by atoms with van der Waals surface area (Å²) in [6, 6.07) is 7.38. The fourth-order valence-corrected chi connectivity index (χ4v) is 3.51. The molecule has 2 aromatic rings. The zero-order valence-corrected chi connectivity index (χ0v) is 16.0. The van der Waals surface area contributed by atoms with E-state index in [0.717, 1.165) is 25.3 Å². The predicted octanol–water partition coefficient (Wildman–Crippen LogP) is 2.24. The largest absolute Gasteiger partial charge is 0.339 e. The molecule has 2 unspecified atom stereocenters. The zero-order chi connectivity index (χ0) is 17.4. The summed E-state index contributed by atoms with van der Waals surface area (Å²) in [4.78, 5) is 20.9. The van der Waals surface area contributed by atoms with Crippen molar-refractivity contribution in [2.75, 3.05) is 38.1 Å². The maximum absolute atomic E-state index is 12.4. The van der Waals surface area contributed by atoms with E-state index in [-0.39, 0.29) is 30.3 Å². The van der Waals surface area contributed by atoms with Gasteiger partial charge in [-0.3, -0.25) is 9.69 Å². The van der Waals surface area contributed by atoms with Gasteiger partial charge in [0.2, 0.25) is 11.8 Å². The van der Waals surface area contributed by atoms with Crippen molar-refractivity contribution in [3.63, 3.8) is 0 Å². The first-order chi connectivity index (χ1) is 12.1. The summed E-state index contributed by atoms with van der Waals surface area (Å²) in [5, 5.41) is 8.15. The molecule has 0 saturated carbocycles. The normalized spacial score (nSPS) is 23.9. The van der Waals surface area contributed by atoms with Crippen molar-refractivity contribution in [3.8, 4) is 0 Å². The lowest BCUT2D eigenvalue weighted by molar-refractivity contribution is -0.117. The molecule has 2 fully saturated rings. The summed E-state index contributed by atoms with van der Waals surface area (Å²) < 4.78 is 5.49. The molecule has 4 rings (SSSR count). The minimum Gasteiger partial charge on any atom is -0.339 e. The van der Waals surface area contributed by atoms with Crippen molar-refractivity contribution in [1.82, 2.24) is 20.4 Å². The highest BCUT2D eigenvalue weighted by atomic mass is 35.5. The minimum atomic E-state index is -0.0775. The van der Waals surface area contributed by atoms with Gasteiger partial charge in [-0.1, -0.05) is 16.8 Å². The van der Waals surface area contributed by atoms with Crippen LogP contribution in [-0.4, -0.2) is 54.2 Å². The lowest BCUT2D eigenvalue weighted by Crippen LogP contribution is -2.44. The molecule has 0 aliphatic carbocycles. The van der Waals surface area contributed by atoms with Crippen molar-refractivity contribution < 1.29 is 9.32 Å². The molecule has 2 aliphatic rings. The van der Waals surface area contributed by atoms with Crippen LogP contribution < -0.4 is 10.2 Å². The number of carbonyl (C=O) groups excluding carboxylic acids is 1. The fourth-order valence-electron chi connectivity index (χ4n) is 3.39. The molecular formula is C17H21Cl2N5O2. The van der Waals surface area contributed by atoms with E-state index in [1.807, 2.05) is 12.1 Å². The zero-order valence-electron chi connectivity index (χ0n) is 14.4. The Morgan fingerprint density at radius 1 is 1.31 bits per heavy atom. The number of carbonyl (C=O) groups is 1. The van der Waals surface area contributed by atoms with Crippen molar-refractivity contribution in [3.05, 3.63) is 41.0 Å². The van der Waals surface area contributed by atoms with Crippen LogP contribution in [0.3, 0.4) is 0 Å². The van der Waals surface area contributed by atoms with Gasteiger partial charge in [-0.05, 0) is 31.3 Å². The molecule has 26 heavy (non-hydrogen) atoms. The quantitative estimate of drug-likeness (QED) is 0.855. The Morgan fingerprint density at radius 3 is 2.81 bits per heavy atom. The Bertz CT molecular complexity index is 767. The second-order valence-corrected chi connectivity index (χ2v) is 7.01. The number of benzene rings is 1. The highest BCUT2D eigenvalue weighted by Crippen LogP contribution is 2.32. The van der Waals surface area contributed by atoms with Crippen LogP contribution in [0.4, 0.5) is 5.69 Å². The van der Waals surface area contributed by atoms with Crippen LogP contribution in [0, 0.1) is 0 Å². The molecule has 2 saturated heterocycles. The number of likely N-dealkylation sites (N-methyl/N-ethyl adjacent to an activating group) is 1. The van der Waals surface area contributed by atoms with Gasteiger partial charge in [0, 0.05) is 43.3 Å². The Morgan fingerprint density at radius 2 is 2.08 bits per heavy atom. The average Bonchev–Trinajstić information content (AvgIpc) is 3.23. The van der Waals surface area contributed by atoms with Crippen LogP contribution in [-0.2, 0) is 4.79 Å². The number of piperazine rings is 1. The Balaban J connectivity index is 0.00000196. The number of nitrogens with zero attached hydrogens (tertiary/aromatic N) is 4. The van der Waals surface area contributed by atoms with E-state index in [1.54, 1.807) is 17.0 Å². The molecule has 0 bridgehead atoms. The van der Waals surface area contributed by atoms with Crippen LogP contribution >= 0.6 is 24.0 Å². The molecule has 0 spiro atoms. The Kier molecular flexibility index (Phi) is 5.82. The molecule has 1 amide bonds. The van der Waals surface area contributed by atoms with Gasteiger partial charge in [0.05, 0.1) is 12.0 Å². The second-order valence-electron chi connectivity index (χ2n) is 6.57. The summed E-state index contributed by atoms with van der Waals surface area (Å²) in [6.45, 7) is 3.25. The lowest BCUT2D eigenvalue weighted by atomic mass is 10.1. The van der Waals surface area contributed by atoms with E-state index in [4.69, 9.17) is 16.1 Å². The average molecular weight is 398 g/mol. The van der Waals surface area contributed by atoms with Crippen molar-refractivity contribution in [2.24, 2.45) is 0 Å². The van der Waals surface area contributed by atoms with E-state index in [0.29, 0.717) is 29.7 Å². The molecule has 3 heterocycles. The van der Waals surface area contributed by atoms with Gasteiger partial charge in [-0.15, -0.1) is 12.4 Å². The summed E-state index contributed by atoms with van der Waals surface area (Å²) >= 11 is 5.92. The summed E-state index contributed by atoms with van der Waals surface area (Å²) in [6.07, 6.45) is 0.378. The summed E-state index contributed by atoms with van der Waals surface area (Å²) in [7, 11) is 2.06. The minimum absolute atomic E-state index is 0. The molecule has 0 radical (unpaired) electrons. The highest BCUT2D eigenvalue weighted by Gasteiger charge is 2.36. The number of hydrogen-bond donors (Lipinski definition) is 1. The van der Waals surface area contributed by atoms with Crippen LogP contribution in [0.15, 0.2) is 28.8 Å². The van der Waals surface area contributed by atoms with Crippen molar-refractivity contribution in [2.45, 2.75) is 18.4 Å². The van der Waals surface area contributed by atoms with Crippen LogP contribution in [0.2, 0.25) is 5.02 Å². The molecule has 1 aromatic carbocycles. The van der Waals surface area contributed by atoms with Gasteiger partial charge in [-0.25, -0.2) is 0 Å². The maximum Gasteiger partial charge on any atom is 0.232 e. The maximum atomic E-state index is 12.4. The summed E-state index contributed by atoms with van der Waals surface area (Å²) in [5.74, 6) is 1.20. The van der Waals surface area contributed by atoms with Gasteiger partial charge in [0.25, 0.3) is 0 Å². The second kappa shape index (κ2) is 7.92. The third kappa shape index (κ3) is 3.71. The number of hydrogen-bond acceptors (Lipinski definition) is 6. The van der Waals surface area contributed by atoms with Gasteiger partial charge in [-0.2, -0.15) is 4.98 Å².